The minimum Gasteiger partial charge on any atom is -0.383 e. The van der Waals surface area contributed by atoms with Crippen LogP contribution in [0.1, 0.15) is 5.56 Å². The van der Waals surface area contributed by atoms with Crippen molar-refractivity contribution in [1.29, 1.82) is 0 Å². The number of hydrogen-bond donors (Lipinski definition) is 1. The Morgan fingerprint density at radius 1 is 1.13 bits per heavy atom. The molecule has 2 aromatic carbocycles. The molecule has 1 aliphatic rings. The third kappa shape index (κ3) is 7.16. The van der Waals surface area contributed by atoms with Gasteiger partial charge in [-0.1, -0.05) is 17.8 Å². The zero-order valence-electron chi connectivity index (χ0n) is 20.8. The van der Waals surface area contributed by atoms with Crippen LogP contribution < -0.4 is 5.32 Å². The number of halogens is 3. The highest BCUT2D eigenvalue weighted by Crippen LogP contribution is 2.31. The number of nitrogens with zero attached hydrogens (tertiary/aromatic N) is 4. The monoisotopic (exact) mass is 585 g/mol. The molecule has 2 heterocycles. The van der Waals surface area contributed by atoms with Gasteiger partial charge in [0, 0.05) is 31.5 Å². The first-order valence-electron chi connectivity index (χ1n) is 11.8. The molecule has 0 radical (unpaired) electrons. The summed E-state index contributed by atoms with van der Waals surface area (Å²) in [6.45, 7) is 1.94. The molecule has 3 aromatic rings. The van der Waals surface area contributed by atoms with E-state index in [1.807, 2.05) is 0 Å². The fourth-order valence-electron chi connectivity index (χ4n) is 3.81. The summed E-state index contributed by atoms with van der Waals surface area (Å²) in [5.74, 6) is -0.194. The van der Waals surface area contributed by atoms with Crippen molar-refractivity contribution >= 4 is 33.4 Å². The van der Waals surface area contributed by atoms with Gasteiger partial charge >= 0.3 is 6.18 Å². The third-order valence-corrected chi connectivity index (χ3v) is 8.64. The molecule has 1 aromatic heterocycles. The summed E-state index contributed by atoms with van der Waals surface area (Å²) in [5, 5.41) is 11.2. The Bertz CT molecular complexity index is 1390. The lowest BCUT2D eigenvalue weighted by atomic mass is 10.2. The summed E-state index contributed by atoms with van der Waals surface area (Å²) in [5.41, 5.74) is -0.218. The van der Waals surface area contributed by atoms with Crippen LogP contribution in [0.3, 0.4) is 0 Å². The molecule has 0 saturated carbocycles. The molecular weight excluding hydrogens is 559 g/mol. The van der Waals surface area contributed by atoms with E-state index >= 15 is 0 Å². The smallest absolute Gasteiger partial charge is 0.383 e. The minimum absolute atomic E-state index is 0.0316. The second-order valence-corrected chi connectivity index (χ2v) is 11.3. The van der Waals surface area contributed by atoms with Crippen molar-refractivity contribution in [1.82, 2.24) is 19.1 Å². The average molecular weight is 586 g/mol. The van der Waals surface area contributed by atoms with Crippen molar-refractivity contribution in [2.75, 3.05) is 51.1 Å². The standard InChI is InChI=1S/C24H26F3N5O5S2/c1-36-12-11-32-22(17-5-7-20(8-6-17)39(34,35)31-9-13-37-14-10-31)29-30-23(32)38-16-21(33)28-19-4-2-3-18(15-19)24(25,26)27/h2-8,15H,9-14,16H2,1H3,(H,28,33). The van der Waals surface area contributed by atoms with Gasteiger partial charge in [-0.25, -0.2) is 8.42 Å². The fourth-order valence-corrected chi connectivity index (χ4v) is 5.98. The van der Waals surface area contributed by atoms with Crippen molar-refractivity contribution < 1.29 is 35.9 Å². The highest BCUT2D eigenvalue weighted by atomic mass is 32.2. The van der Waals surface area contributed by atoms with E-state index in [0.717, 1.165) is 23.9 Å². The van der Waals surface area contributed by atoms with Crippen molar-refractivity contribution in [3.8, 4) is 11.4 Å². The quantitative estimate of drug-likeness (QED) is 0.360. The maximum atomic E-state index is 12.9. The summed E-state index contributed by atoms with van der Waals surface area (Å²) in [4.78, 5) is 12.6. The van der Waals surface area contributed by atoms with Gasteiger partial charge in [-0.15, -0.1) is 10.2 Å². The van der Waals surface area contributed by atoms with Crippen LogP contribution >= 0.6 is 11.8 Å². The fraction of sp³-hybridized carbons (Fsp3) is 0.375. The van der Waals surface area contributed by atoms with Gasteiger partial charge in [0.1, 0.15) is 0 Å². The lowest BCUT2D eigenvalue weighted by Gasteiger charge is -2.26. The van der Waals surface area contributed by atoms with Gasteiger partial charge in [0.15, 0.2) is 11.0 Å². The molecule has 0 atom stereocenters. The number of ether oxygens (including phenoxy) is 2. The number of benzene rings is 2. The molecule has 15 heteroatoms. The zero-order chi connectivity index (χ0) is 28.0. The summed E-state index contributed by atoms with van der Waals surface area (Å²) < 4.78 is 78.2. The van der Waals surface area contributed by atoms with Crippen LogP contribution in [0.4, 0.5) is 18.9 Å². The van der Waals surface area contributed by atoms with E-state index in [2.05, 4.69) is 15.5 Å². The van der Waals surface area contributed by atoms with Crippen LogP contribution in [0.25, 0.3) is 11.4 Å². The van der Waals surface area contributed by atoms with Gasteiger partial charge < -0.3 is 14.8 Å². The van der Waals surface area contributed by atoms with Crippen LogP contribution in [0.5, 0.6) is 0 Å². The molecule has 1 fully saturated rings. The molecule has 39 heavy (non-hydrogen) atoms. The first kappa shape index (κ1) is 29.0. The number of thioether (sulfide) groups is 1. The number of carbonyl (C=O) groups excluding carboxylic acids is 1. The largest absolute Gasteiger partial charge is 0.416 e. The van der Waals surface area contributed by atoms with Crippen molar-refractivity contribution in [3.05, 3.63) is 54.1 Å². The number of hydrogen-bond acceptors (Lipinski definition) is 8. The predicted molar refractivity (Wildman–Crippen MR) is 138 cm³/mol. The van der Waals surface area contributed by atoms with Gasteiger partial charge in [-0.05, 0) is 42.5 Å². The van der Waals surface area contributed by atoms with Crippen LogP contribution in [0.15, 0.2) is 58.6 Å². The van der Waals surface area contributed by atoms with E-state index in [1.165, 1.54) is 35.7 Å². The van der Waals surface area contributed by atoms with Gasteiger partial charge in [-0.2, -0.15) is 17.5 Å². The van der Waals surface area contributed by atoms with E-state index in [1.54, 1.807) is 16.7 Å². The predicted octanol–water partition coefficient (Wildman–Crippen LogP) is 3.36. The second kappa shape index (κ2) is 12.5. The molecule has 210 valence electrons. The van der Waals surface area contributed by atoms with E-state index in [9.17, 15) is 26.4 Å². The molecule has 4 rings (SSSR count). The van der Waals surface area contributed by atoms with Gasteiger partial charge in [0.25, 0.3) is 0 Å². The van der Waals surface area contributed by atoms with E-state index in [4.69, 9.17) is 9.47 Å². The third-order valence-electron chi connectivity index (χ3n) is 5.76. The highest BCUT2D eigenvalue weighted by molar-refractivity contribution is 7.99. The zero-order valence-corrected chi connectivity index (χ0v) is 22.5. The number of methoxy groups -OCH3 is 1. The van der Waals surface area contributed by atoms with Crippen LogP contribution in [0, 0.1) is 0 Å². The molecule has 0 bridgehead atoms. The molecule has 1 N–H and O–H groups in total. The van der Waals surface area contributed by atoms with Gasteiger partial charge in [0.05, 0.1) is 42.6 Å². The van der Waals surface area contributed by atoms with Crippen LogP contribution in [-0.4, -0.2) is 79.2 Å². The summed E-state index contributed by atoms with van der Waals surface area (Å²) in [6, 6.07) is 10.7. The first-order valence-corrected chi connectivity index (χ1v) is 14.2. The Balaban J connectivity index is 1.47. The number of aromatic nitrogens is 3. The second-order valence-electron chi connectivity index (χ2n) is 8.41. The Morgan fingerprint density at radius 2 is 1.85 bits per heavy atom. The molecule has 0 spiro atoms. The van der Waals surface area contributed by atoms with Crippen molar-refractivity contribution in [2.24, 2.45) is 0 Å². The van der Waals surface area contributed by atoms with E-state index in [0.29, 0.717) is 42.9 Å². The summed E-state index contributed by atoms with van der Waals surface area (Å²) >= 11 is 1.06. The Kier molecular flexibility index (Phi) is 9.27. The molecule has 1 amide bonds. The van der Waals surface area contributed by atoms with E-state index in [-0.39, 0.29) is 29.4 Å². The lowest BCUT2D eigenvalue weighted by Crippen LogP contribution is -2.40. The van der Waals surface area contributed by atoms with Crippen LogP contribution in [-0.2, 0) is 37.0 Å². The van der Waals surface area contributed by atoms with E-state index < -0.39 is 27.7 Å². The van der Waals surface area contributed by atoms with Gasteiger partial charge in [0.2, 0.25) is 15.9 Å². The first-order chi connectivity index (χ1) is 18.6. The molecular formula is C24H26F3N5O5S2. The Hall–Kier alpha value is -2.98. The van der Waals surface area contributed by atoms with Crippen LogP contribution in [0.2, 0.25) is 0 Å². The summed E-state index contributed by atoms with van der Waals surface area (Å²) in [6.07, 6.45) is -4.52. The number of carbonyl (C=O) groups is 1. The molecule has 0 aliphatic carbocycles. The number of amides is 1. The number of anilines is 1. The highest BCUT2D eigenvalue weighted by Gasteiger charge is 2.30. The Morgan fingerprint density at radius 3 is 2.51 bits per heavy atom. The maximum absolute atomic E-state index is 12.9. The molecule has 1 saturated heterocycles. The normalized spacial score (nSPS) is 14.9. The number of nitrogens with one attached hydrogen (secondary N) is 1. The van der Waals surface area contributed by atoms with Crippen molar-refractivity contribution in [2.45, 2.75) is 22.8 Å². The number of alkyl halides is 3. The lowest BCUT2D eigenvalue weighted by molar-refractivity contribution is -0.137. The minimum atomic E-state index is -4.52. The average Bonchev–Trinajstić information content (AvgIpc) is 3.33. The SMILES string of the molecule is COCCn1c(SCC(=O)Nc2cccc(C(F)(F)F)c2)nnc1-c1ccc(S(=O)(=O)N2CCOCC2)cc1. The number of sulfonamides is 1. The van der Waals surface area contributed by atoms with Crippen molar-refractivity contribution in [3.63, 3.8) is 0 Å². The molecule has 10 nitrogen and oxygen atoms in total. The number of rotatable bonds is 10. The Labute approximate surface area is 227 Å². The molecule has 0 unspecified atom stereocenters. The number of morpholine rings is 1. The van der Waals surface area contributed by atoms with Gasteiger partial charge in [-0.3, -0.25) is 9.36 Å². The summed E-state index contributed by atoms with van der Waals surface area (Å²) in [7, 11) is -2.12. The maximum Gasteiger partial charge on any atom is 0.416 e. The topological polar surface area (TPSA) is 116 Å². The molecule has 1 aliphatic heterocycles.